The van der Waals surface area contributed by atoms with Gasteiger partial charge in [-0.05, 0) is 31.9 Å². The van der Waals surface area contributed by atoms with E-state index in [0.717, 1.165) is 36.3 Å². The summed E-state index contributed by atoms with van der Waals surface area (Å²) in [5.74, 6) is 0.0454. The van der Waals surface area contributed by atoms with Gasteiger partial charge < -0.3 is 4.90 Å². The Morgan fingerprint density at radius 1 is 1.42 bits per heavy atom. The highest BCUT2D eigenvalue weighted by Gasteiger charge is 2.20. The van der Waals surface area contributed by atoms with E-state index in [1.54, 1.807) is 4.90 Å². The predicted octanol–water partition coefficient (Wildman–Crippen LogP) is 2.82. The summed E-state index contributed by atoms with van der Waals surface area (Å²) in [7, 11) is 1.85. The van der Waals surface area contributed by atoms with Crippen LogP contribution in [0.15, 0.2) is 18.3 Å². The number of unbranched alkanes of at least 4 members (excludes halogenated alkanes) is 1. The monoisotopic (exact) mass is 259 g/mol. The summed E-state index contributed by atoms with van der Waals surface area (Å²) in [5, 5.41) is 0. The number of hydrogen-bond acceptors (Lipinski definition) is 2. The van der Waals surface area contributed by atoms with Crippen LogP contribution >= 0.6 is 0 Å². The van der Waals surface area contributed by atoms with Crippen LogP contribution < -0.4 is 0 Å². The van der Waals surface area contributed by atoms with E-state index in [0.29, 0.717) is 5.69 Å². The fraction of sp³-hybridized carbons (Fsp3) is 0.467. The third kappa shape index (κ3) is 2.48. The smallest absolute Gasteiger partial charge is 0.272 e. The molecule has 0 fully saturated rings. The number of carbonyl (C=O) groups excluding carboxylic acids is 1. The lowest BCUT2D eigenvalue weighted by Gasteiger charge is -2.16. The molecule has 2 aromatic heterocycles. The van der Waals surface area contributed by atoms with Crippen LogP contribution in [0.25, 0.3) is 5.65 Å². The molecule has 0 N–H and O–H groups in total. The molecule has 0 radical (unpaired) electrons. The minimum Gasteiger partial charge on any atom is -0.340 e. The first-order chi connectivity index (χ1) is 9.06. The Bertz CT molecular complexity index is 601. The topological polar surface area (TPSA) is 37.6 Å². The molecule has 4 nitrogen and oxygen atoms in total. The molecule has 0 bridgehead atoms. The first-order valence-corrected chi connectivity index (χ1v) is 6.76. The maximum atomic E-state index is 12.5. The van der Waals surface area contributed by atoms with E-state index >= 15 is 0 Å². The largest absolute Gasteiger partial charge is 0.340 e. The molecule has 0 unspecified atom stereocenters. The van der Waals surface area contributed by atoms with Crippen molar-refractivity contribution in [1.29, 1.82) is 0 Å². The minimum atomic E-state index is 0.0454. The zero-order chi connectivity index (χ0) is 14.0. The van der Waals surface area contributed by atoms with E-state index in [4.69, 9.17) is 0 Å². The van der Waals surface area contributed by atoms with Crippen LogP contribution in [-0.2, 0) is 0 Å². The maximum Gasteiger partial charge on any atom is 0.272 e. The van der Waals surface area contributed by atoms with E-state index in [1.165, 1.54) is 0 Å². The highest BCUT2D eigenvalue weighted by atomic mass is 16.2. The fourth-order valence-electron chi connectivity index (χ4n) is 2.25. The highest BCUT2D eigenvalue weighted by Crippen LogP contribution is 2.16. The molecule has 0 aliphatic carbocycles. The number of pyridine rings is 1. The van der Waals surface area contributed by atoms with Crippen molar-refractivity contribution in [3.8, 4) is 0 Å². The van der Waals surface area contributed by atoms with Crippen molar-refractivity contribution in [2.45, 2.75) is 33.6 Å². The molecule has 4 heteroatoms. The first-order valence-electron chi connectivity index (χ1n) is 6.76. The minimum absolute atomic E-state index is 0.0454. The van der Waals surface area contributed by atoms with Gasteiger partial charge in [0.1, 0.15) is 11.3 Å². The second kappa shape index (κ2) is 5.43. The molecule has 102 valence electrons. The fourth-order valence-corrected chi connectivity index (χ4v) is 2.25. The van der Waals surface area contributed by atoms with Crippen LogP contribution in [0.5, 0.6) is 0 Å². The molecule has 0 aliphatic rings. The summed E-state index contributed by atoms with van der Waals surface area (Å²) in [6.45, 7) is 6.82. The predicted molar refractivity (Wildman–Crippen MR) is 76.5 cm³/mol. The molecule has 19 heavy (non-hydrogen) atoms. The van der Waals surface area contributed by atoms with Crippen LogP contribution in [0.1, 0.15) is 41.5 Å². The normalized spacial score (nSPS) is 10.9. The standard InChI is InChI=1S/C15H21N3O/c1-5-6-9-17(4)15(19)13-12(3)16-14-11(2)8-7-10-18(13)14/h7-8,10H,5-6,9H2,1-4H3. The van der Waals surface area contributed by atoms with Crippen molar-refractivity contribution >= 4 is 11.6 Å². The summed E-state index contributed by atoms with van der Waals surface area (Å²) in [6, 6.07) is 3.96. The van der Waals surface area contributed by atoms with Gasteiger partial charge in [-0.15, -0.1) is 0 Å². The summed E-state index contributed by atoms with van der Waals surface area (Å²) in [4.78, 5) is 18.8. The third-order valence-electron chi connectivity index (χ3n) is 3.42. The number of amides is 1. The lowest BCUT2D eigenvalue weighted by Crippen LogP contribution is -2.29. The van der Waals surface area contributed by atoms with Crippen molar-refractivity contribution in [2.75, 3.05) is 13.6 Å². The number of hydrogen-bond donors (Lipinski definition) is 0. The summed E-state index contributed by atoms with van der Waals surface area (Å²) >= 11 is 0. The Balaban J connectivity index is 2.42. The van der Waals surface area contributed by atoms with Gasteiger partial charge in [-0.25, -0.2) is 4.98 Å². The molecule has 0 saturated heterocycles. The lowest BCUT2D eigenvalue weighted by molar-refractivity contribution is 0.0785. The summed E-state index contributed by atoms with van der Waals surface area (Å²) in [5.41, 5.74) is 3.42. The summed E-state index contributed by atoms with van der Waals surface area (Å²) in [6.07, 6.45) is 4.02. The molecule has 2 heterocycles. The average molecular weight is 259 g/mol. The maximum absolute atomic E-state index is 12.5. The third-order valence-corrected chi connectivity index (χ3v) is 3.42. The molecule has 0 saturated carbocycles. The van der Waals surface area contributed by atoms with E-state index in [1.807, 2.05) is 43.6 Å². The SMILES string of the molecule is CCCCN(C)C(=O)c1c(C)nc2c(C)cccn12. The number of aromatic nitrogens is 2. The Hall–Kier alpha value is -1.84. The number of fused-ring (bicyclic) bond motifs is 1. The van der Waals surface area contributed by atoms with Crippen LogP contribution in [0, 0.1) is 13.8 Å². The van der Waals surface area contributed by atoms with Crippen LogP contribution in [0.4, 0.5) is 0 Å². The van der Waals surface area contributed by atoms with E-state index in [9.17, 15) is 4.79 Å². The second-order valence-corrected chi connectivity index (χ2v) is 5.01. The molecule has 0 aliphatic heterocycles. The van der Waals surface area contributed by atoms with Crippen molar-refractivity contribution in [1.82, 2.24) is 14.3 Å². The van der Waals surface area contributed by atoms with Crippen molar-refractivity contribution in [2.24, 2.45) is 0 Å². The van der Waals surface area contributed by atoms with Gasteiger partial charge in [-0.2, -0.15) is 0 Å². The molecule has 1 amide bonds. The number of nitrogens with zero attached hydrogens (tertiary/aromatic N) is 3. The number of aryl methyl sites for hydroxylation is 2. The van der Waals surface area contributed by atoms with Crippen molar-refractivity contribution in [3.05, 3.63) is 35.3 Å². The van der Waals surface area contributed by atoms with Crippen LogP contribution in [0.3, 0.4) is 0 Å². The zero-order valence-corrected chi connectivity index (χ0v) is 12.1. The van der Waals surface area contributed by atoms with E-state index in [2.05, 4.69) is 11.9 Å². The lowest BCUT2D eigenvalue weighted by atomic mass is 10.2. The zero-order valence-electron chi connectivity index (χ0n) is 12.1. The van der Waals surface area contributed by atoms with Crippen LogP contribution in [-0.4, -0.2) is 33.8 Å². The van der Waals surface area contributed by atoms with Gasteiger partial charge in [0.2, 0.25) is 0 Å². The van der Waals surface area contributed by atoms with Crippen molar-refractivity contribution < 1.29 is 4.79 Å². The molecule has 2 rings (SSSR count). The van der Waals surface area contributed by atoms with Crippen molar-refractivity contribution in [3.63, 3.8) is 0 Å². The Morgan fingerprint density at radius 2 is 2.16 bits per heavy atom. The Labute approximate surface area is 114 Å². The molecular weight excluding hydrogens is 238 g/mol. The van der Waals surface area contributed by atoms with Gasteiger partial charge in [0.05, 0.1) is 5.69 Å². The quantitative estimate of drug-likeness (QED) is 0.846. The van der Waals surface area contributed by atoms with Gasteiger partial charge in [0.15, 0.2) is 0 Å². The van der Waals surface area contributed by atoms with Gasteiger partial charge in [-0.1, -0.05) is 19.4 Å². The van der Waals surface area contributed by atoms with E-state index in [-0.39, 0.29) is 5.91 Å². The summed E-state index contributed by atoms with van der Waals surface area (Å²) < 4.78 is 1.90. The molecule has 2 aromatic rings. The van der Waals surface area contributed by atoms with Crippen LogP contribution in [0.2, 0.25) is 0 Å². The number of imidazole rings is 1. The molecule has 0 aromatic carbocycles. The van der Waals surface area contributed by atoms with Gasteiger partial charge >= 0.3 is 0 Å². The van der Waals surface area contributed by atoms with E-state index < -0.39 is 0 Å². The first kappa shape index (κ1) is 13.6. The molecule has 0 spiro atoms. The second-order valence-electron chi connectivity index (χ2n) is 5.01. The Kier molecular flexibility index (Phi) is 3.88. The molecule has 0 atom stereocenters. The number of rotatable bonds is 4. The Morgan fingerprint density at radius 3 is 2.84 bits per heavy atom. The van der Waals surface area contributed by atoms with Gasteiger partial charge in [0, 0.05) is 19.8 Å². The number of carbonyl (C=O) groups is 1. The van der Waals surface area contributed by atoms with Gasteiger partial charge in [-0.3, -0.25) is 9.20 Å². The molecular formula is C15H21N3O. The highest BCUT2D eigenvalue weighted by molar-refractivity contribution is 5.94. The average Bonchev–Trinajstić information content (AvgIpc) is 2.73. The van der Waals surface area contributed by atoms with Gasteiger partial charge in [0.25, 0.3) is 5.91 Å².